The molecule has 1 heterocycles. The summed E-state index contributed by atoms with van der Waals surface area (Å²) in [5.41, 5.74) is 2.74. The second kappa shape index (κ2) is 8.28. The molecule has 0 aliphatic carbocycles. The number of rotatable bonds is 5. The van der Waals surface area contributed by atoms with Gasteiger partial charge in [0.15, 0.2) is 0 Å². The van der Waals surface area contributed by atoms with Crippen molar-refractivity contribution in [2.45, 2.75) is 39.4 Å². The Kier molecular flexibility index (Phi) is 6.68. The minimum Gasteiger partial charge on any atom is -0.313 e. The van der Waals surface area contributed by atoms with Crippen molar-refractivity contribution < 1.29 is 0 Å². The quantitative estimate of drug-likeness (QED) is 0.877. The maximum Gasteiger partial charge on any atom is 0.0248 e. The van der Waals surface area contributed by atoms with Crippen LogP contribution in [0.15, 0.2) is 22.7 Å². The maximum absolute atomic E-state index is 3.75. The Morgan fingerprint density at radius 3 is 2.86 bits per heavy atom. The molecule has 0 saturated carbocycles. The van der Waals surface area contributed by atoms with Crippen LogP contribution in [-0.2, 0) is 13.1 Å². The summed E-state index contributed by atoms with van der Waals surface area (Å²) < 4.78 is 1.24. The zero-order valence-corrected chi connectivity index (χ0v) is 15.1. The first-order valence-electron chi connectivity index (χ1n) is 8.00. The molecule has 1 atom stereocenters. The van der Waals surface area contributed by atoms with E-state index in [-0.39, 0.29) is 0 Å². The van der Waals surface area contributed by atoms with Crippen molar-refractivity contribution in [3.63, 3.8) is 0 Å². The van der Waals surface area contributed by atoms with Gasteiger partial charge in [0, 0.05) is 36.7 Å². The third-order valence-corrected chi connectivity index (χ3v) is 4.99. The molecule has 4 heteroatoms. The predicted molar refractivity (Wildman–Crippen MR) is 93.5 cm³/mol. The second-order valence-corrected chi connectivity index (χ2v) is 7.00. The van der Waals surface area contributed by atoms with E-state index >= 15 is 0 Å². The van der Waals surface area contributed by atoms with Gasteiger partial charge in [-0.05, 0) is 50.7 Å². The monoisotopic (exact) mass is 353 g/mol. The summed E-state index contributed by atoms with van der Waals surface area (Å²) in [5, 5.41) is 3.38. The van der Waals surface area contributed by atoms with Crippen LogP contribution in [0.2, 0.25) is 0 Å². The Morgan fingerprint density at radius 2 is 2.14 bits per heavy atom. The van der Waals surface area contributed by atoms with Crippen LogP contribution in [0.5, 0.6) is 0 Å². The predicted octanol–water partition coefficient (Wildman–Crippen LogP) is 3.08. The van der Waals surface area contributed by atoms with E-state index in [1.165, 1.54) is 35.1 Å². The highest BCUT2D eigenvalue weighted by molar-refractivity contribution is 9.10. The van der Waals surface area contributed by atoms with E-state index in [9.17, 15) is 0 Å². The average Bonchev–Trinajstić information content (AvgIpc) is 2.60. The molecule has 1 saturated heterocycles. The summed E-state index contributed by atoms with van der Waals surface area (Å²) in [7, 11) is 2.23. The lowest BCUT2D eigenvalue weighted by atomic mass is 10.1. The van der Waals surface area contributed by atoms with E-state index in [0.29, 0.717) is 6.04 Å². The van der Waals surface area contributed by atoms with Gasteiger partial charge in [0.25, 0.3) is 0 Å². The molecule has 21 heavy (non-hydrogen) atoms. The molecule has 3 nitrogen and oxygen atoms in total. The Morgan fingerprint density at radius 1 is 1.33 bits per heavy atom. The molecule has 0 spiro atoms. The number of nitrogens with zero attached hydrogens (tertiary/aromatic N) is 2. The van der Waals surface area contributed by atoms with Crippen molar-refractivity contribution in [3.8, 4) is 0 Å². The van der Waals surface area contributed by atoms with E-state index in [4.69, 9.17) is 0 Å². The Balaban J connectivity index is 2.01. The minimum atomic E-state index is 0.617. The van der Waals surface area contributed by atoms with Gasteiger partial charge in [0.05, 0.1) is 0 Å². The molecule has 1 aliphatic heterocycles. The third kappa shape index (κ3) is 5.06. The number of halogens is 1. The largest absolute Gasteiger partial charge is 0.313 e. The van der Waals surface area contributed by atoms with Crippen molar-refractivity contribution in [2.24, 2.45) is 0 Å². The lowest BCUT2D eigenvalue weighted by molar-refractivity contribution is 0.194. The highest BCUT2D eigenvalue weighted by atomic mass is 79.9. The molecule has 1 aliphatic rings. The first-order chi connectivity index (χ1) is 10.1. The molecular formula is C17H28BrN3. The van der Waals surface area contributed by atoms with Gasteiger partial charge in [-0.25, -0.2) is 0 Å². The Hall–Kier alpha value is -0.420. The molecule has 2 rings (SSSR count). The molecule has 0 aromatic heterocycles. The summed E-state index contributed by atoms with van der Waals surface area (Å²) in [6.07, 6.45) is 1.26. The van der Waals surface area contributed by atoms with Gasteiger partial charge in [-0.1, -0.05) is 35.0 Å². The normalized spacial score (nSPS) is 21.4. The van der Waals surface area contributed by atoms with Gasteiger partial charge in [0.1, 0.15) is 0 Å². The highest BCUT2D eigenvalue weighted by Crippen LogP contribution is 2.22. The molecule has 1 aromatic rings. The fraction of sp³-hybridized carbons (Fsp3) is 0.647. The first kappa shape index (κ1) is 16.9. The van der Waals surface area contributed by atoms with Gasteiger partial charge in [-0.2, -0.15) is 0 Å². The number of hydrogen-bond acceptors (Lipinski definition) is 3. The zero-order valence-electron chi connectivity index (χ0n) is 13.5. The molecule has 1 unspecified atom stereocenters. The van der Waals surface area contributed by atoms with Gasteiger partial charge in [0.2, 0.25) is 0 Å². The second-order valence-electron chi connectivity index (χ2n) is 6.14. The van der Waals surface area contributed by atoms with Crippen LogP contribution in [-0.4, -0.2) is 49.1 Å². The van der Waals surface area contributed by atoms with Crippen LogP contribution >= 0.6 is 15.9 Å². The van der Waals surface area contributed by atoms with Crippen LogP contribution in [0.1, 0.15) is 31.4 Å². The van der Waals surface area contributed by atoms with Crippen molar-refractivity contribution >= 4 is 15.9 Å². The van der Waals surface area contributed by atoms with Crippen molar-refractivity contribution in [1.82, 2.24) is 15.1 Å². The summed E-state index contributed by atoms with van der Waals surface area (Å²) >= 11 is 3.75. The molecule has 1 fully saturated rings. The summed E-state index contributed by atoms with van der Waals surface area (Å²) in [6.45, 7) is 11.0. The van der Waals surface area contributed by atoms with Gasteiger partial charge >= 0.3 is 0 Å². The van der Waals surface area contributed by atoms with Gasteiger partial charge in [-0.3, -0.25) is 4.90 Å². The lowest BCUT2D eigenvalue weighted by Gasteiger charge is -2.28. The van der Waals surface area contributed by atoms with E-state index < -0.39 is 0 Å². The standard InChI is InChI=1S/C17H28BrN3/c1-4-19-11-15-6-7-16(17(18)10-15)13-21-9-5-8-20(3)12-14(21)2/h6-7,10,14,19H,4-5,8-9,11-13H2,1-3H3. The summed E-state index contributed by atoms with van der Waals surface area (Å²) in [5.74, 6) is 0. The van der Waals surface area contributed by atoms with E-state index in [2.05, 4.69) is 70.1 Å². The summed E-state index contributed by atoms with van der Waals surface area (Å²) in [4.78, 5) is 5.05. The zero-order chi connectivity index (χ0) is 15.2. The van der Waals surface area contributed by atoms with E-state index in [1.54, 1.807) is 0 Å². The molecule has 118 valence electrons. The molecule has 1 aromatic carbocycles. The van der Waals surface area contributed by atoms with Crippen LogP contribution in [0.25, 0.3) is 0 Å². The minimum absolute atomic E-state index is 0.617. The van der Waals surface area contributed by atoms with Crippen LogP contribution < -0.4 is 5.32 Å². The number of likely N-dealkylation sites (N-methyl/N-ethyl adjacent to an activating group) is 1. The topological polar surface area (TPSA) is 18.5 Å². The van der Waals surface area contributed by atoms with E-state index in [1.807, 2.05) is 0 Å². The van der Waals surface area contributed by atoms with Crippen molar-refractivity contribution in [1.29, 1.82) is 0 Å². The van der Waals surface area contributed by atoms with Gasteiger partial charge in [-0.15, -0.1) is 0 Å². The SMILES string of the molecule is CCNCc1ccc(CN2CCCN(C)CC2C)c(Br)c1. The number of benzene rings is 1. The van der Waals surface area contributed by atoms with Crippen LogP contribution in [0.3, 0.4) is 0 Å². The number of nitrogens with one attached hydrogen (secondary N) is 1. The third-order valence-electron chi connectivity index (χ3n) is 4.25. The lowest BCUT2D eigenvalue weighted by Crippen LogP contribution is -2.37. The van der Waals surface area contributed by atoms with Crippen molar-refractivity contribution in [3.05, 3.63) is 33.8 Å². The fourth-order valence-corrected chi connectivity index (χ4v) is 3.53. The average molecular weight is 354 g/mol. The molecule has 0 amide bonds. The first-order valence-corrected chi connectivity index (χ1v) is 8.80. The highest BCUT2D eigenvalue weighted by Gasteiger charge is 2.20. The molecule has 0 radical (unpaired) electrons. The maximum atomic E-state index is 3.75. The fourth-order valence-electron chi connectivity index (χ4n) is 2.97. The number of hydrogen-bond donors (Lipinski definition) is 1. The van der Waals surface area contributed by atoms with Crippen molar-refractivity contribution in [2.75, 3.05) is 33.2 Å². The van der Waals surface area contributed by atoms with E-state index in [0.717, 1.165) is 26.2 Å². The molecular weight excluding hydrogens is 326 g/mol. The Labute approximate surface area is 137 Å². The van der Waals surface area contributed by atoms with Crippen LogP contribution in [0.4, 0.5) is 0 Å². The molecule has 0 bridgehead atoms. The van der Waals surface area contributed by atoms with Crippen LogP contribution in [0, 0.1) is 0 Å². The Bertz CT molecular complexity index is 450. The summed E-state index contributed by atoms with van der Waals surface area (Å²) in [6, 6.07) is 7.40. The smallest absolute Gasteiger partial charge is 0.0248 e. The molecule has 1 N–H and O–H groups in total. The van der Waals surface area contributed by atoms with Gasteiger partial charge < -0.3 is 10.2 Å².